The zero-order valence-electron chi connectivity index (χ0n) is 22.1. The number of nitriles is 1. The second-order valence-electron chi connectivity index (χ2n) is 10.1. The van der Waals surface area contributed by atoms with E-state index in [0.29, 0.717) is 30.2 Å². The molecule has 2 aliphatic heterocycles. The van der Waals surface area contributed by atoms with Crippen LogP contribution < -0.4 is 20.3 Å². The van der Waals surface area contributed by atoms with Gasteiger partial charge in [0.05, 0.1) is 29.9 Å². The maximum Gasteiger partial charge on any atom is 0.237 e. The van der Waals surface area contributed by atoms with E-state index in [1.807, 2.05) is 60.7 Å². The fraction of sp³-hybridized carbons (Fsp3) is 0.250. The van der Waals surface area contributed by atoms with Crippen molar-refractivity contribution in [1.82, 2.24) is 15.3 Å². The lowest BCUT2D eigenvalue weighted by atomic mass is 9.99. The SMILES string of the molecule is N#Cc1ccc(CCN[C@H](c2ccccc2)[C@@H]2CNc3cc(-c4ccc(N5CCCC5=O)nc4)cnc3O2)cc1. The molecule has 2 aromatic heterocycles. The average Bonchev–Trinajstić information content (AvgIpc) is 3.45. The number of ether oxygens (including phenoxy) is 1. The molecule has 0 unspecified atom stereocenters. The number of nitrogens with one attached hydrogen (secondary N) is 2. The van der Waals surface area contributed by atoms with E-state index in [1.54, 1.807) is 17.3 Å². The van der Waals surface area contributed by atoms with Crippen molar-refractivity contribution >= 4 is 17.4 Å². The number of hydrogen-bond acceptors (Lipinski definition) is 7. The van der Waals surface area contributed by atoms with Gasteiger partial charge in [0.2, 0.25) is 11.8 Å². The maximum atomic E-state index is 12.0. The first-order chi connectivity index (χ1) is 19.7. The Bertz CT molecular complexity index is 1520. The van der Waals surface area contributed by atoms with Crippen molar-refractivity contribution in [2.24, 2.45) is 0 Å². The minimum Gasteiger partial charge on any atom is -0.469 e. The maximum absolute atomic E-state index is 12.0. The molecule has 8 heteroatoms. The molecule has 6 rings (SSSR count). The van der Waals surface area contributed by atoms with Gasteiger partial charge in [-0.3, -0.25) is 9.69 Å². The molecule has 8 nitrogen and oxygen atoms in total. The summed E-state index contributed by atoms with van der Waals surface area (Å²) in [5.74, 6) is 1.39. The van der Waals surface area contributed by atoms with Crippen LogP contribution in [0.1, 0.15) is 35.6 Å². The van der Waals surface area contributed by atoms with Crippen LogP contribution in [0.2, 0.25) is 0 Å². The Labute approximate surface area is 233 Å². The Morgan fingerprint density at radius 3 is 2.60 bits per heavy atom. The van der Waals surface area contributed by atoms with Gasteiger partial charge in [-0.2, -0.15) is 5.26 Å². The summed E-state index contributed by atoms with van der Waals surface area (Å²) in [6, 6.07) is 26.1. The number of carbonyl (C=O) groups excluding carboxylic acids is 1. The Balaban J connectivity index is 1.15. The average molecular weight is 531 g/mol. The number of aromatic nitrogens is 2. The molecule has 1 fully saturated rings. The fourth-order valence-electron chi connectivity index (χ4n) is 5.26. The van der Waals surface area contributed by atoms with Crippen LogP contribution in [0.4, 0.5) is 11.5 Å². The first-order valence-electron chi connectivity index (χ1n) is 13.6. The highest BCUT2D eigenvalue weighted by Crippen LogP contribution is 2.34. The second kappa shape index (κ2) is 11.6. The van der Waals surface area contributed by atoms with Gasteiger partial charge in [0.25, 0.3) is 0 Å². The first-order valence-corrected chi connectivity index (χ1v) is 13.6. The third-order valence-corrected chi connectivity index (χ3v) is 7.43. The number of hydrogen-bond donors (Lipinski definition) is 2. The molecule has 1 amide bonds. The van der Waals surface area contributed by atoms with Gasteiger partial charge in [-0.05, 0) is 60.8 Å². The van der Waals surface area contributed by atoms with E-state index in [2.05, 4.69) is 38.8 Å². The summed E-state index contributed by atoms with van der Waals surface area (Å²) < 4.78 is 6.44. The molecule has 0 aliphatic carbocycles. The molecule has 0 saturated carbocycles. The highest BCUT2D eigenvalue weighted by Gasteiger charge is 2.30. The molecule has 40 heavy (non-hydrogen) atoms. The van der Waals surface area contributed by atoms with Crippen LogP contribution in [0.15, 0.2) is 85.2 Å². The van der Waals surface area contributed by atoms with Crippen LogP contribution in [0.3, 0.4) is 0 Å². The summed E-state index contributed by atoms with van der Waals surface area (Å²) in [4.78, 5) is 23.0. The summed E-state index contributed by atoms with van der Waals surface area (Å²) in [5.41, 5.74) is 5.70. The Kier molecular flexibility index (Phi) is 7.38. The minimum atomic E-state index is -0.159. The molecule has 1 saturated heterocycles. The minimum absolute atomic E-state index is 0.0354. The molecule has 2 atom stereocenters. The molecular weight excluding hydrogens is 500 g/mol. The lowest BCUT2D eigenvalue weighted by molar-refractivity contribution is -0.117. The molecule has 2 aliphatic rings. The highest BCUT2D eigenvalue weighted by molar-refractivity contribution is 5.94. The number of nitrogens with zero attached hydrogens (tertiary/aromatic N) is 4. The number of anilines is 2. The second-order valence-corrected chi connectivity index (χ2v) is 10.1. The van der Waals surface area contributed by atoms with Crippen LogP contribution in [-0.2, 0) is 11.2 Å². The van der Waals surface area contributed by atoms with Gasteiger partial charge in [0.1, 0.15) is 11.9 Å². The molecule has 200 valence electrons. The number of carbonyl (C=O) groups is 1. The van der Waals surface area contributed by atoms with Crippen LogP contribution in [0, 0.1) is 11.3 Å². The van der Waals surface area contributed by atoms with Crippen molar-refractivity contribution in [1.29, 1.82) is 5.26 Å². The lowest BCUT2D eigenvalue weighted by Crippen LogP contribution is -2.43. The highest BCUT2D eigenvalue weighted by atomic mass is 16.5. The van der Waals surface area contributed by atoms with E-state index in [0.717, 1.165) is 48.3 Å². The van der Waals surface area contributed by atoms with Crippen molar-refractivity contribution in [2.75, 3.05) is 29.9 Å². The monoisotopic (exact) mass is 530 g/mol. The number of rotatable bonds is 8. The van der Waals surface area contributed by atoms with Gasteiger partial charge >= 0.3 is 0 Å². The molecule has 4 aromatic rings. The number of fused-ring (bicyclic) bond motifs is 1. The van der Waals surface area contributed by atoms with E-state index < -0.39 is 0 Å². The van der Waals surface area contributed by atoms with Gasteiger partial charge in [-0.15, -0.1) is 0 Å². The molecule has 0 spiro atoms. The van der Waals surface area contributed by atoms with Gasteiger partial charge in [-0.1, -0.05) is 42.5 Å². The molecule has 0 radical (unpaired) electrons. The van der Waals surface area contributed by atoms with E-state index >= 15 is 0 Å². The summed E-state index contributed by atoms with van der Waals surface area (Å²) in [5, 5.41) is 16.3. The lowest BCUT2D eigenvalue weighted by Gasteiger charge is -2.33. The summed E-state index contributed by atoms with van der Waals surface area (Å²) in [6.07, 6.45) is 5.74. The van der Waals surface area contributed by atoms with Crippen molar-refractivity contribution in [3.8, 4) is 23.1 Å². The fourth-order valence-corrected chi connectivity index (χ4v) is 5.26. The third kappa shape index (κ3) is 5.51. The summed E-state index contributed by atoms with van der Waals surface area (Å²) in [6.45, 7) is 2.11. The van der Waals surface area contributed by atoms with E-state index in [-0.39, 0.29) is 18.1 Å². The van der Waals surface area contributed by atoms with Crippen LogP contribution >= 0.6 is 0 Å². The number of pyridine rings is 2. The molecule has 2 N–H and O–H groups in total. The third-order valence-electron chi connectivity index (χ3n) is 7.43. The van der Waals surface area contributed by atoms with Gasteiger partial charge in [-0.25, -0.2) is 9.97 Å². The molecule has 0 bridgehead atoms. The van der Waals surface area contributed by atoms with Crippen molar-refractivity contribution < 1.29 is 9.53 Å². The zero-order valence-corrected chi connectivity index (χ0v) is 22.1. The molecular formula is C32H30N6O2. The topological polar surface area (TPSA) is 103 Å². The predicted molar refractivity (Wildman–Crippen MR) is 154 cm³/mol. The van der Waals surface area contributed by atoms with Crippen LogP contribution in [0.25, 0.3) is 11.1 Å². The van der Waals surface area contributed by atoms with E-state index in [4.69, 9.17) is 10.00 Å². The normalized spacial score (nSPS) is 16.9. The predicted octanol–water partition coefficient (Wildman–Crippen LogP) is 4.89. The van der Waals surface area contributed by atoms with E-state index in [9.17, 15) is 4.79 Å². The van der Waals surface area contributed by atoms with Crippen molar-refractivity contribution in [3.63, 3.8) is 0 Å². The molecule has 2 aromatic carbocycles. The largest absolute Gasteiger partial charge is 0.469 e. The Morgan fingerprint density at radius 1 is 1.05 bits per heavy atom. The van der Waals surface area contributed by atoms with Crippen LogP contribution in [-0.4, -0.2) is 41.6 Å². The van der Waals surface area contributed by atoms with Crippen molar-refractivity contribution in [2.45, 2.75) is 31.4 Å². The Hall–Kier alpha value is -4.74. The number of benzene rings is 2. The van der Waals surface area contributed by atoms with E-state index in [1.165, 1.54) is 5.56 Å². The molecule has 4 heterocycles. The summed E-state index contributed by atoms with van der Waals surface area (Å²) >= 11 is 0. The number of amides is 1. The van der Waals surface area contributed by atoms with Gasteiger partial charge in [0.15, 0.2) is 0 Å². The Morgan fingerprint density at radius 2 is 1.88 bits per heavy atom. The summed E-state index contributed by atoms with van der Waals surface area (Å²) in [7, 11) is 0. The van der Waals surface area contributed by atoms with Crippen molar-refractivity contribution in [3.05, 3.63) is 102 Å². The first kappa shape index (κ1) is 25.5. The van der Waals surface area contributed by atoms with Crippen LogP contribution in [0.5, 0.6) is 5.88 Å². The quantitative estimate of drug-likeness (QED) is 0.334. The zero-order chi connectivity index (χ0) is 27.3. The van der Waals surface area contributed by atoms with Gasteiger partial charge < -0.3 is 15.4 Å². The smallest absolute Gasteiger partial charge is 0.237 e. The van der Waals surface area contributed by atoms with Gasteiger partial charge in [0, 0.05) is 36.5 Å². The standard InChI is InChI=1S/C32H30N6O2/c33-18-23-10-8-22(9-11-23)14-15-34-31(24-5-2-1-3-6-24)28-21-35-27-17-26(20-37-32(27)40-28)25-12-13-29(36-19-25)38-16-4-7-30(38)39/h1-3,5-6,8-13,17,19-20,28,31,34-35H,4,7,14-16,21H2/t28-,31+/m0/s1.